The molecule has 0 bridgehead atoms. The van der Waals surface area contributed by atoms with Gasteiger partial charge in [-0.1, -0.05) is 65.8 Å². The number of ketones is 1. The fraction of sp³-hybridized carbons (Fsp3) is 0.229. The molecule has 1 fully saturated rings. The van der Waals surface area contributed by atoms with Gasteiger partial charge in [0.15, 0.2) is 5.78 Å². The average Bonchev–Trinajstić information content (AvgIpc) is 3.62. The summed E-state index contributed by atoms with van der Waals surface area (Å²) in [5.41, 5.74) is 6.80. The Bertz CT molecular complexity index is 1760. The highest BCUT2D eigenvalue weighted by atomic mass is 16.7. The highest BCUT2D eigenvalue weighted by Gasteiger charge is 2.18. The molecule has 0 aliphatic carbocycles. The van der Waals surface area contributed by atoms with Crippen LogP contribution in [0, 0.1) is 0 Å². The number of rotatable bonds is 8. The molecule has 6 heteroatoms. The monoisotopic (exact) mass is 544 g/mol. The van der Waals surface area contributed by atoms with Gasteiger partial charge in [0.05, 0.1) is 6.10 Å². The van der Waals surface area contributed by atoms with E-state index in [-0.39, 0.29) is 5.78 Å². The predicted octanol–water partition coefficient (Wildman–Crippen LogP) is 6.99. The van der Waals surface area contributed by atoms with Crippen LogP contribution in [0.4, 0.5) is 0 Å². The van der Waals surface area contributed by atoms with Crippen LogP contribution in [0.1, 0.15) is 58.8 Å². The summed E-state index contributed by atoms with van der Waals surface area (Å²) in [4.78, 5) is 30.1. The normalized spacial score (nSPS) is 15.5. The van der Waals surface area contributed by atoms with Crippen LogP contribution in [0.5, 0.6) is 0 Å². The van der Waals surface area contributed by atoms with Crippen LogP contribution in [-0.4, -0.2) is 34.7 Å². The van der Waals surface area contributed by atoms with E-state index in [9.17, 15) is 9.59 Å². The van der Waals surface area contributed by atoms with Gasteiger partial charge in [-0.2, -0.15) is 0 Å². The summed E-state index contributed by atoms with van der Waals surface area (Å²) in [7, 11) is 2.02. The topological polar surface area (TPSA) is 69.9 Å². The minimum absolute atomic E-state index is 0.00729. The second-order valence-corrected chi connectivity index (χ2v) is 10.6. The third kappa shape index (κ3) is 5.56. The molecule has 1 aliphatic heterocycles. The highest BCUT2D eigenvalue weighted by Crippen LogP contribution is 2.31. The molecule has 4 aromatic carbocycles. The molecule has 0 amide bonds. The number of aryl methyl sites for hydroxylation is 2. The standard InChI is InChI=1S/C35H32N2O4/c1-23(38)41-36-34(25-7-4-3-5-8-25)27-15-18-32-30(21-27)31-22-28(16-19-33(31)37(32)2)35(39)26-13-10-24(11-14-26)12-17-29-9-6-20-40-29/h3-5,7-8,10-11,13-16,18-19,21-22,29H,6,9,12,17,20H2,1-2H3/b36-34+. The van der Waals surface area contributed by atoms with Crippen LogP contribution in [0.2, 0.25) is 0 Å². The van der Waals surface area contributed by atoms with Gasteiger partial charge in [0.2, 0.25) is 0 Å². The Kier molecular flexibility index (Phi) is 7.49. The fourth-order valence-corrected chi connectivity index (χ4v) is 5.67. The number of hydrogen-bond acceptors (Lipinski definition) is 5. The van der Waals surface area contributed by atoms with E-state index in [1.807, 2.05) is 85.9 Å². The van der Waals surface area contributed by atoms with Gasteiger partial charge in [0, 0.05) is 64.6 Å². The number of aromatic nitrogens is 1. The summed E-state index contributed by atoms with van der Waals surface area (Å²) >= 11 is 0. The van der Waals surface area contributed by atoms with Crippen molar-refractivity contribution < 1.29 is 19.2 Å². The van der Waals surface area contributed by atoms with Crippen molar-refractivity contribution in [2.45, 2.75) is 38.7 Å². The van der Waals surface area contributed by atoms with Crippen LogP contribution >= 0.6 is 0 Å². The first-order valence-electron chi connectivity index (χ1n) is 14.1. The molecular weight excluding hydrogens is 512 g/mol. The number of fused-ring (bicyclic) bond motifs is 3. The van der Waals surface area contributed by atoms with E-state index in [4.69, 9.17) is 9.57 Å². The molecule has 206 valence electrons. The minimum Gasteiger partial charge on any atom is -0.378 e. The number of carbonyl (C=O) groups is 2. The molecule has 0 N–H and O–H groups in total. The first-order valence-corrected chi connectivity index (χ1v) is 14.1. The van der Waals surface area contributed by atoms with E-state index >= 15 is 0 Å². The van der Waals surface area contributed by atoms with Gasteiger partial charge in [0.25, 0.3) is 0 Å². The van der Waals surface area contributed by atoms with Gasteiger partial charge in [-0.05, 0) is 61.6 Å². The first kappa shape index (κ1) is 26.7. The molecule has 2 heterocycles. The van der Waals surface area contributed by atoms with Gasteiger partial charge >= 0.3 is 5.97 Å². The van der Waals surface area contributed by atoms with E-state index in [0.29, 0.717) is 22.9 Å². The van der Waals surface area contributed by atoms with Crippen LogP contribution in [0.25, 0.3) is 21.8 Å². The van der Waals surface area contributed by atoms with Gasteiger partial charge in [-0.25, -0.2) is 4.79 Å². The molecule has 0 saturated carbocycles. The van der Waals surface area contributed by atoms with Crippen LogP contribution < -0.4 is 0 Å². The van der Waals surface area contributed by atoms with E-state index in [1.165, 1.54) is 12.5 Å². The second-order valence-electron chi connectivity index (χ2n) is 10.6. The molecule has 6 nitrogen and oxygen atoms in total. The maximum absolute atomic E-state index is 13.5. The van der Waals surface area contributed by atoms with Crippen molar-refractivity contribution in [1.82, 2.24) is 4.57 Å². The summed E-state index contributed by atoms with van der Waals surface area (Å²) in [6.07, 6.45) is 4.62. The predicted molar refractivity (Wildman–Crippen MR) is 161 cm³/mol. The molecular formula is C35H32N2O4. The zero-order valence-corrected chi connectivity index (χ0v) is 23.3. The summed E-state index contributed by atoms with van der Waals surface area (Å²) in [6, 6.07) is 29.5. The Balaban J connectivity index is 1.33. The number of hydrogen-bond donors (Lipinski definition) is 0. The number of nitrogens with zero attached hydrogens (tertiary/aromatic N) is 2. The number of ether oxygens (including phenoxy) is 1. The smallest absolute Gasteiger partial charge is 0.332 e. The molecule has 1 atom stereocenters. The zero-order chi connectivity index (χ0) is 28.3. The van der Waals surface area contributed by atoms with Gasteiger partial charge < -0.3 is 14.1 Å². The van der Waals surface area contributed by atoms with Crippen molar-refractivity contribution in [3.63, 3.8) is 0 Å². The Labute approximate surface area is 239 Å². The Morgan fingerprint density at radius 1 is 0.854 bits per heavy atom. The lowest BCUT2D eigenvalue weighted by atomic mass is 9.97. The molecule has 5 aromatic rings. The third-order valence-electron chi connectivity index (χ3n) is 7.85. The Morgan fingerprint density at radius 3 is 2.17 bits per heavy atom. The lowest BCUT2D eigenvalue weighted by Gasteiger charge is -2.09. The van der Waals surface area contributed by atoms with Gasteiger partial charge in [-0.15, -0.1) is 0 Å². The molecule has 1 aliphatic rings. The fourth-order valence-electron chi connectivity index (χ4n) is 5.67. The van der Waals surface area contributed by atoms with Crippen molar-refractivity contribution in [3.8, 4) is 0 Å². The molecule has 1 aromatic heterocycles. The minimum atomic E-state index is -0.483. The van der Waals surface area contributed by atoms with E-state index in [0.717, 1.165) is 65.2 Å². The number of oxime groups is 1. The quantitative estimate of drug-likeness (QED) is 0.0914. The van der Waals surface area contributed by atoms with E-state index in [1.54, 1.807) is 0 Å². The third-order valence-corrected chi connectivity index (χ3v) is 7.85. The maximum Gasteiger partial charge on any atom is 0.332 e. The Morgan fingerprint density at radius 2 is 1.51 bits per heavy atom. The SMILES string of the molecule is CC(=O)O/N=C(\c1ccccc1)c1ccc2c(c1)c1cc(C(=O)c3ccc(CCC4CCCO4)cc3)ccc1n2C. The van der Waals surface area contributed by atoms with E-state index < -0.39 is 5.97 Å². The molecule has 0 spiro atoms. The lowest BCUT2D eigenvalue weighted by Crippen LogP contribution is -2.06. The number of carbonyl (C=O) groups excluding carboxylic acids is 2. The summed E-state index contributed by atoms with van der Waals surface area (Å²) in [6.45, 7) is 2.20. The zero-order valence-electron chi connectivity index (χ0n) is 23.3. The van der Waals surface area contributed by atoms with Crippen molar-refractivity contribution >= 4 is 39.3 Å². The summed E-state index contributed by atoms with van der Waals surface area (Å²) < 4.78 is 7.87. The van der Waals surface area contributed by atoms with Crippen molar-refractivity contribution in [2.75, 3.05) is 6.61 Å². The maximum atomic E-state index is 13.5. The van der Waals surface area contributed by atoms with Gasteiger partial charge in [-0.3, -0.25) is 4.79 Å². The first-order chi connectivity index (χ1) is 20.0. The van der Waals surface area contributed by atoms with Crippen LogP contribution in [-0.2, 0) is 27.8 Å². The number of benzene rings is 4. The molecule has 1 saturated heterocycles. The summed E-state index contributed by atoms with van der Waals surface area (Å²) in [5.74, 6) is -0.490. The van der Waals surface area contributed by atoms with E-state index in [2.05, 4.69) is 21.9 Å². The lowest BCUT2D eigenvalue weighted by molar-refractivity contribution is -0.140. The summed E-state index contributed by atoms with van der Waals surface area (Å²) in [5, 5.41) is 6.15. The van der Waals surface area contributed by atoms with Crippen molar-refractivity contribution in [3.05, 3.63) is 119 Å². The molecule has 0 radical (unpaired) electrons. The highest BCUT2D eigenvalue weighted by molar-refractivity contribution is 6.18. The van der Waals surface area contributed by atoms with Crippen LogP contribution in [0.15, 0.2) is 96.2 Å². The second kappa shape index (κ2) is 11.5. The van der Waals surface area contributed by atoms with Gasteiger partial charge in [0.1, 0.15) is 5.71 Å². The molecule has 6 rings (SSSR count). The molecule has 1 unspecified atom stereocenters. The largest absolute Gasteiger partial charge is 0.378 e. The van der Waals surface area contributed by atoms with Crippen molar-refractivity contribution in [1.29, 1.82) is 0 Å². The molecule has 41 heavy (non-hydrogen) atoms. The van der Waals surface area contributed by atoms with Crippen molar-refractivity contribution in [2.24, 2.45) is 12.2 Å². The average molecular weight is 545 g/mol. The van der Waals surface area contributed by atoms with Crippen LogP contribution in [0.3, 0.4) is 0 Å². The Hall–Kier alpha value is -4.55.